The van der Waals surface area contributed by atoms with Gasteiger partial charge in [-0.25, -0.2) is 4.98 Å². The van der Waals surface area contributed by atoms with E-state index < -0.39 is 0 Å². The minimum absolute atomic E-state index is 0.0760. The number of likely N-dealkylation sites (tertiary alicyclic amines) is 1. The lowest BCUT2D eigenvalue weighted by atomic mass is 10.1. The third-order valence-corrected chi connectivity index (χ3v) is 5.66. The summed E-state index contributed by atoms with van der Waals surface area (Å²) in [7, 11) is 1.93. The van der Waals surface area contributed by atoms with Crippen molar-refractivity contribution in [1.82, 2.24) is 19.7 Å². The topological polar surface area (TPSA) is 63.1 Å². The van der Waals surface area contributed by atoms with Crippen LogP contribution in [0.5, 0.6) is 0 Å². The molecule has 4 rings (SSSR count). The van der Waals surface area contributed by atoms with Gasteiger partial charge in [-0.1, -0.05) is 24.3 Å². The predicted octanol–water partition coefficient (Wildman–Crippen LogP) is 3.84. The Morgan fingerprint density at radius 3 is 2.81 bits per heavy atom. The molecule has 0 bridgehead atoms. The summed E-state index contributed by atoms with van der Waals surface area (Å²) in [6.07, 6.45) is 6.20. The molecule has 1 fully saturated rings. The van der Waals surface area contributed by atoms with E-state index in [1.165, 1.54) is 35.8 Å². The fourth-order valence-corrected chi connectivity index (χ4v) is 4.41. The van der Waals surface area contributed by atoms with Crippen LogP contribution in [-0.4, -0.2) is 32.1 Å². The van der Waals surface area contributed by atoms with E-state index in [1.54, 1.807) is 0 Å². The Hall–Kier alpha value is -2.51. The molecule has 3 aromatic rings. The molecule has 0 spiro atoms. The minimum Gasteiger partial charge on any atom is -0.302 e. The Morgan fingerprint density at radius 1 is 1.30 bits per heavy atom. The lowest BCUT2D eigenvalue weighted by Crippen LogP contribution is -2.23. The molecule has 1 aliphatic heterocycles. The van der Waals surface area contributed by atoms with Crippen LogP contribution in [0, 0.1) is 0 Å². The molecular formula is C20H23N5OS. The zero-order chi connectivity index (χ0) is 18.8. The lowest BCUT2D eigenvalue weighted by molar-refractivity contribution is -0.114. The maximum atomic E-state index is 11.2. The first kappa shape index (κ1) is 17.9. The molecule has 0 radical (unpaired) electrons. The quantitative estimate of drug-likeness (QED) is 0.729. The van der Waals surface area contributed by atoms with E-state index in [-0.39, 0.29) is 5.91 Å². The highest BCUT2D eigenvalue weighted by Gasteiger charge is 2.28. The van der Waals surface area contributed by atoms with Gasteiger partial charge in [0.25, 0.3) is 0 Å². The Balaban J connectivity index is 1.45. The number of thiazole rings is 1. The highest BCUT2D eigenvalue weighted by atomic mass is 32.1. The molecule has 3 heterocycles. The van der Waals surface area contributed by atoms with Crippen molar-refractivity contribution >= 4 is 22.4 Å². The van der Waals surface area contributed by atoms with E-state index in [4.69, 9.17) is 0 Å². The van der Waals surface area contributed by atoms with Crippen LogP contribution in [0.3, 0.4) is 0 Å². The molecule has 1 unspecified atom stereocenters. The SMILES string of the molecule is CC(=O)Nc1nc(C2CCCN2Cc2ccc(-c3cnn(C)c3)cc2)cs1. The van der Waals surface area contributed by atoms with E-state index in [0.717, 1.165) is 30.8 Å². The van der Waals surface area contributed by atoms with Gasteiger partial charge in [-0.2, -0.15) is 5.10 Å². The van der Waals surface area contributed by atoms with Crippen LogP contribution in [0.25, 0.3) is 11.1 Å². The number of nitrogens with one attached hydrogen (secondary N) is 1. The van der Waals surface area contributed by atoms with E-state index in [2.05, 4.69) is 49.9 Å². The van der Waals surface area contributed by atoms with Gasteiger partial charge in [-0.15, -0.1) is 11.3 Å². The average Bonchev–Trinajstić information content (AvgIpc) is 3.36. The van der Waals surface area contributed by atoms with Crippen LogP contribution in [-0.2, 0) is 18.4 Å². The van der Waals surface area contributed by atoms with Gasteiger partial charge in [0.05, 0.1) is 17.9 Å². The number of nitrogens with zero attached hydrogens (tertiary/aromatic N) is 4. The zero-order valence-corrected chi connectivity index (χ0v) is 16.4. The fraction of sp³-hybridized carbons (Fsp3) is 0.350. The second-order valence-corrected chi connectivity index (χ2v) is 7.84. The number of hydrogen-bond donors (Lipinski definition) is 1. The van der Waals surface area contributed by atoms with Crippen LogP contribution in [0.15, 0.2) is 42.0 Å². The van der Waals surface area contributed by atoms with E-state index >= 15 is 0 Å². The Kier molecular flexibility index (Phi) is 5.05. The van der Waals surface area contributed by atoms with Crippen LogP contribution in [0.1, 0.15) is 37.1 Å². The van der Waals surface area contributed by atoms with Crippen molar-refractivity contribution in [3.05, 3.63) is 53.3 Å². The van der Waals surface area contributed by atoms with Gasteiger partial charge in [-0.05, 0) is 30.5 Å². The van der Waals surface area contributed by atoms with Gasteiger partial charge >= 0.3 is 0 Å². The first-order valence-corrected chi connectivity index (χ1v) is 10.0. The third-order valence-electron chi connectivity index (χ3n) is 4.89. The number of benzene rings is 1. The largest absolute Gasteiger partial charge is 0.302 e. The van der Waals surface area contributed by atoms with E-state index in [1.807, 2.05) is 24.1 Å². The average molecular weight is 382 g/mol. The first-order chi connectivity index (χ1) is 13.1. The van der Waals surface area contributed by atoms with E-state index in [9.17, 15) is 4.79 Å². The van der Waals surface area contributed by atoms with Crippen LogP contribution in [0.2, 0.25) is 0 Å². The van der Waals surface area contributed by atoms with Gasteiger partial charge in [0.15, 0.2) is 5.13 Å². The third kappa shape index (κ3) is 4.09. The van der Waals surface area contributed by atoms with Gasteiger partial charge < -0.3 is 5.32 Å². The minimum atomic E-state index is -0.0760. The number of rotatable bonds is 5. The standard InChI is InChI=1S/C20H23N5OS/c1-14(26)22-20-23-18(13-27-20)19-4-3-9-25(19)11-15-5-7-16(8-6-15)17-10-21-24(2)12-17/h5-8,10,12-13,19H,3-4,9,11H2,1-2H3,(H,22,23,26). The maximum absolute atomic E-state index is 11.2. The Labute approximate surface area is 162 Å². The molecule has 1 N–H and O–H groups in total. The molecule has 140 valence electrons. The summed E-state index contributed by atoms with van der Waals surface area (Å²) in [5, 5.41) is 9.77. The molecule has 1 amide bonds. The maximum Gasteiger partial charge on any atom is 0.223 e. The smallest absolute Gasteiger partial charge is 0.223 e. The van der Waals surface area contributed by atoms with Crippen molar-refractivity contribution in [2.24, 2.45) is 7.05 Å². The van der Waals surface area contributed by atoms with E-state index in [0.29, 0.717) is 11.2 Å². The second kappa shape index (κ2) is 7.62. The molecule has 1 aliphatic rings. The monoisotopic (exact) mass is 381 g/mol. The first-order valence-electron chi connectivity index (χ1n) is 9.13. The summed E-state index contributed by atoms with van der Waals surface area (Å²) in [5.41, 5.74) is 4.68. The molecule has 6 nitrogen and oxygen atoms in total. The molecule has 0 saturated carbocycles. The fourth-order valence-electron chi connectivity index (χ4n) is 3.60. The lowest BCUT2D eigenvalue weighted by Gasteiger charge is -2.23. The van der Waals surface area contributed by atoms with Crippen LogP contribution >= 0.6 is 11.3 Å². The van der Waals surface area contributed by atoms with Crippen molar-refractivity contribution in [3.8, 4) is 11.1 Å². The number of aryl methyl sites for hydroxylation is 1. The number of anilines is 1. The molecule has 2 aromatic heterocycles. The van der Waals surface area contributed by atoms with Crippen molar-refractivity contribution in [3.63, 3.8) is 0 Å². The molecular weight excluding hydrogens is 358 g/mol. The molecule has 0 aliphatic carbocycles. The van der Waals surface area contributed by atoms with Crippen molar-refractivity contribution < 1.29 is 4.79 Å². The molecule has 1 atom stereocenters. The highest BCUT2D eigenvalue weighted by Crippen LogP contribution is 2.34. The summed E-state index contributed by atoms with van der Waals surface area (Å²) in [6, 6.07) is 9.04. The highest BCUT2D eigenvalue weighted by molar-refractivity contribution is 7.13. The normalized spacial score (nSPS) is 17.3. The van der Waals surface area contributed by atoms with Gasteiger partial charge in [-0.3, -0.25) is 14.4 Å². The Bertz CT molecular complexity index is 930. The van der Waals surface area contributed by atoms with Crippen molar-refractivity contribution in [1.29, 1.82) is 0 Å². The van der Waals surface area contributed by atoms with Gasteiger partial charge in [0.1, 0.15) is 0 Å². The summed E-state index contributed by atoms with van der Waals surface area (Å²) < 4.78 is 1.82. The van der Waals surface area contributed by atoms with Crippen LogP contribution < -0.4 is 5.32 Å². The number of carbonyl (C=O) groups excluding carboxylic acids is 1. The number of carbonyl (C=O) groups is 1. The summed E-state index contributed by atoms with van der Waals surface area (Å²) in [6.45, 7) is 3.49. The summed E-state index contributed by atoms with van der Waals surface area (Å²) in [5.74, 6) is -0.0760. The Morgan fingerprint density at radius 2 is 2.11 bits per heavy atom. The molecule has 27 heavy (non-hydrogen) atoms. The summed E-state index contributed by atoms with van der Waals surface area (Å²) >= 11 is 1.50. The van der Waals surface area contributed by atoms with Crippen molar-refractivity contribution in [2.45, 2.75) is 32.4 Å². The van der Waals surface area contributed by atoms with Crippen LogP contribution in [0.4, 0.5) is 5.13 Å². The van der Waals surface area contributed by atoms with Crippen molar-refractivity contribution in [2.75, 3.05) is 11.9 Å². The number of aromatic nitrogens is 3. The van der Waals surface area contributed by atoms with Gasteiger partial charge in [0.2, 0.25) is 5.91 Å². The summed E-state index contributed by atoms with van der Waals surface area (Å²) in [4.78, 5) is 18.3. The number of hydrogen-bond acceptors (Lipinski definition) is 5. The second-order valence-electron chi connectivity index (χ2n) is 6.99. The zero-order valence-electron chi connectivity index (χ0n) is 15.6. The van der Waals surface area contributed by atoms with Gasteiger partial charge in [0, 0.05) is 37.7 Å². The molecule has 1 aromatic carbocycles. The number of amides is 1. The predicted molar refractivity (Wildman–Crippen MR) is 107 cm³/mol. The molecule has 7 heteroatoms. The molecule has 1 saturated heterocycles.